The summed E-state index contributed by atoms with van der Waals surface area (Å²) in [6, 6.07) is 8.26. The van der Waals surface area contributed by atoms with E-state index >= 15 is 0 Å². The fourth-order valence-electron chi connectivity index (χ4n) is 4.63. The van der Waals surface area contributed by atoms with Crippen LogP contribution >= 0.6 is 11.8 Å². The van der Waals surface area contributed by atoms with Gasteiger partial charge in [-0.25, -0.2) is 9.97 Å². The minimum atomic E-state index is 0.0974. The molecule has 1 aromatic carbocycles. The van der Waals surface area contributed by atoms with E-state index in [9.17, 15) is 4.79 Å². The zero-order chi connectivity index (χ0) is 21.6. The smallest absolute Gasteiger partial charge is 0.230 e. The number of fused-ring (bicyclic) bond motifs is 1. The Morgan fingerprint density at radius 3 is 2.32 bits per heavy atom. The van der Waals surface area contributed by atoms with E-state index in [4.69, 9.17) is 14.7 Å². The zero-order valence-electron chi connectivity index (χ0n) is 18.7. The number of hydrogen-bond donors (Lipinski definition) is 1. The molecule has 31 heavy (non-hydrogen) atoms. The number of hydrogen-bond acceptors (Lipinski definition) is 6. The van der Waals surface area contributed by atoms with Gasteiger partial charge in [0.05, 0.1) is 29.0 Å². The zero-order valence-corrected chi connectivity index (χ0v) is 19.5. The summed E-state index contributed by atoms with van der Waals surface area (Å²) in [5.74, 6) is 1.33. The molecule has 1 aromatic heterocycles. The average molecular weight is 443 g/mol. The van der Waals surface area contributed by atoms with Crippen molar-refractivity contribution in [2.75, 3.05) is 23.7 Å². The first-order chi connectivity index (χ1) is 15.1. The van der Waals surface area contributed by atoms with Crippen LogP contribution in [0.5, 0.6) is 0 Å². The van der Waals surface area contributed by atoms with E-state index in [0.29, 0.717) is 11.8 Å². The Labute approximate surface area is 189 Å². The number of nitrogens with one attached hydrogen (secondary N) is 1. The molecule has 2 atom stereocenters. The highest BCUT2D eigenvalue weighted by molar-refractivity contribution is 8.00. The molecule has 1 saturated carbocycles. The predicted octanol–water partition coefficient (Wildman–Crippen LogP) is 4.56. The molecule has 0 unspecified atom stereocenters. The van der Waals surface area contributed by atoms with Crippen molar-refractivity contribution >= 4 is 34.5 Å². The van der Waals surface area contributed by atoms with E-state index in [1.54, 1.807) is 0 Å². The molecular formula is C24H34N4O2S. The van der Waals surface area contributed by atoms with Crippen molar-refractivity contribution in [3.8, 4) is 0 Å². The Bertz CT molecular complexity index is 875. The van der Waals surface area contributed by atoms with Crippen LogP contribution in [0.2, 0.25) is 0 Å². The van der Waals surface area contributed by atoms with Gasteiger partial charge in [0.25, 0.3) is 0 Å². The van der Waals surface area contributed by atoms with Crippen molar-refractivity contribution < 1.29 is 9.53 Å². The molecule has 0 bridgehead atoms. The molecular weight excluding hydrogens is 408 g/mol. The number of aromatic nitrogens is 2. The van der Waals surface area contributed by atoms with Crippen LogP contribution in [-0.2, 0) is 9.53 Å². The van der Waals surface area contributed by atoms with Gasteiger partial charge in [0.2, 0.25) is 5.91 Å². The number of carbonyl (C=O) groups excluding carboxylic acids is 1. The first-order valence-electron chi connectivity index (χ1n) is 11.7. The Hall–Kier alpha value is -1.86. The Kier molecular flexibility index (Phi) is 7.67. The molecule has 1 saturated heterocycles. The Balaban J connectivity index is 1.48. The maximum atomic E-state index is 12.7. The Morgan fingerprint density at radius 1 is 1.03 bits per heavy atom. The molecule has 0 radical (unpaired) electrons. The van der Waals surface area contributed by atoms with Gasteiger partial charge in [-0.05, 0) is 38.8 Å². The van der Waals surface area contributed by atoms with Gasteiger partial charge in [-0.1, -0.05) is 56.0 Å². The normalized spacial score (nSPS) is 23.4. The van der Waals surface area contributed by atoms with Gasteiger partial charge in [0.1, 0.15) is 5.03 Å². The van der Waals surface area contributed by atoms with E-state index in [-0.39, 0.29) is 18.1 Å². The van der Waals surface area contributed by atoms with Crippen LogP contribution in [0, 0.1) is 0 Å². The van der Waals surface area contributed by atoms with Crippen molar-refractivity contribution in [1.82, 2.24) is 15.3 Å². The lowest BCUT2D eigenvalue weighted by molar-refractivity contribution is -0.119. The molecule has 4 rings (SSSR count). The third kappa shape index (κ3) is 6.10. The molecule has 1 aliphatic heterocycles. The lowest BCUT2D eigenvalue weighted by Gasteiger charge is -2.36. The van der Waals surface area contributed by atoms with Gasteiger partial charge >= 0.3 is 0 Å². The fraction of sp³-hybridized carbons (Fsp3) is 0.625. The number of thioether (sulfide) groups is 1. The molecule has 1 aliphatic carbocycles. The van der Waals surface area contributed by atoms with E-state index < -0.39 is 0 Å². The van der Waals surface area contributed by atoms with Crippen LogP contribution in [-0.4, -0.2) is 53.0 Å². The van der Waals surface area contributed by atoms with Crippen molar-refractivity contribution in [3.05, 3.63) is 24.3 Å². The predicted molar refractivity (Wildman–Crippen MR) is 127 cm³/mol. The molecule has 2 fully saturated rings. The highest BCUT2D eigenvalue weighted by atomic mass is 32.2. The summed E-state index contributed by atoms with van der Waals surface area (Å²) in [4.78, 5) is 24.8. The van der Waals surface area contributed by atoms with Crippen LogP contribution in [0.1, 0.15) is 58.8 Å². The number of amides is 1. The van der Waals surface area contributed by atoms with Crippen molar-refractivity contribution in [2.45, 2.75) is 82.1 Å². The summed E-state index contributed by atoms with van der Waals surface area (Å²) >= 11 is 1.50. The topological polar surface area (TPSA) is 67.4 Å². The molecule has 1 N–H and O–H groups in total. The maximum Gasteiger partial charge on any atom is 0.230 e. The van der Waals surface area contributed by atoms with Crippen molar-refractivity contribution in [2.24, 2.45) is 0 Å². The quantitative estimate of drug-likeness (QED) is 0.685. The summed E-state index contributed by atoms with van der Waals surface area (Å²) in [6.45, 7) is 5.73. The minimum Gasteiger partial charge on any atom is -0.372 e. The molecule has 6 nitrogen and oxygen atoms in total. The summed E-state index contributed by atoms with van der Waals surface area (Å²) in [5, 5.41) is 4.09. The van der Waals surface area contributed by atoms with Gasteiger partial charge in [0, 0.05) is 19.1 Å². The lowest BCUT2D eigenvalue weighted by atomic mass is 9.97. The van der Waals surface area contributed by atoms with Crippen molar-refractivity contribution in [1.29, 1.82) is 0 Å². The number of nitrogens with zero attached hydrogens (tertiary/aromatic N) is 3. The van der Waals surface area contributed by atoms with Gasteiger partial charge < -0.3 is 15.0 Å². The maximum absolute atomic E-state index is 12.7. The summed E-state index contributed by atoms with van der Waals surface area (Å²) in [5.41, 5.74) is 1.75. The standard InChI is InChI=1S/C24H34N4O2S/c1-17-14-28(15-18(2)30-17)23-24(27-21-13-9-8-12-20(21)26-23)31-16-22(29)25-19-10-6-4-3-5-7-11-19/h8-9,12-13,17-19H,3-7,10-11,14-16H2,1-2H3,(H,25,29)/t17-,18-/m0/s1. The summed E-state index contributed by atoms with van der Waals surface area (Å²) in [7, 11) is 0. The molecule has 0 spiro atoms. The van der Waals surface area contributed by atoms with E-state index in [1.165, 1.54) is 43.9 Å². The highest BCUT2D eigenvalue weighted by Gasteiger charge is 2.26. The second-order valence-electron chi connectivity index (χ2n) is 8.90. The van der Waals surface area contributed by atoms with Crippen LogP contribution in [0.3, 0.4) is 0 Å². The van der Waals surface area contributed by atoms with Gasteiger partial charge in [0.15, 0.2) is 5.82 Å². The van der Waals surface area contributed by atoms with Crippen LogP contribution in [0.25, 0.3) is 11.0 Å². The molecule has 168 valence electrons. The number of morpholine rings is 1. The summed E-state index contributed by atoms with van der Waals surface area (Å²) in [6.07, 6.45) is 8.80. The first kappa shape index (κ1) is 22.3. The second kappa shape index (κ2) is 10.6. The lowest BCUT2D eigenvalue weighted by Crippen LogP contribution is -2.46. The number of anilines is 1. The van der Waals surface area contributed by atoms with Crippen LogP contribution in [0.15, 0.2) is 29.3 Å². The molecule has 2 aromatic rings. The molecule has 2 aliphatic rings. The Morgan fingerprint density at radius 2 is 1.65 bits per heavy atom. The second-order valence-corrected chi connectivity index (χ2v) is 9.87. The molecule has 1 amide bonds. The first-order valence-corrected chi connectivity index (χ1v) is 12.7. The monoisotopic (exact) mass is 442 g/mol. The number of carbonyl (C=O) groups is 1. The van der Waals surface area contributed by atoms with E-state index in [2.05, 4.69) is 24.1 Å². The minimum absolute atomic E-state index is 0.0974. The molecule has 2 heterocycles. The number of benzene rings is 1. The third-order valence-corrected chi connectivity index (χ3v) is 7.00. The fourth-order valence-corrected chi connectivity index (χ4v) is 5.45. The van der Waals surface area contributed by atoms with E-state index in [1.807, 2.05) is 24.3 Å². The molecule has 7 heteroatoms. The van der Waals surface area contributed by atoms with Crippen LogP contribution < -0.4 is 10.2 Å². The summed E-state index contributed by atoms with van der Waals surface area (Å²) < 4.78 is 5.91. The van der Waals surface area contributed by atoms with Crippen molar-refractivity contribution in [3.63, 3.8) is 0 Å². The number of para-hydroxylation sites is 2. The number of rotatable bonds is 5. The third-order valence-electron chi connectivity index (χ3n) is 6.05. The van der Waals surface area contributed by atoms with Crippen LogP contribution in [0.4, 0.5) is 5.82 Å². The largest absolute Gasteiger partial charge is 0.372 e. The highest BCUT2D eigenvalue weighted by Crippen LogP contribution is 2.31. The van der Waals surface area contributed by atoms with Gasteiger partial charge in [-0.15, -0.1) is 0 Å². The SMILES string of the molecule is C[C@H]1CN(c2nc3ccccc3nc2SCC(=O)NC2CCCCCCC2)C[C@H](C)O1. The number of ether oxygens (including phenoxy) is 1. The average Bonchev–Trinajstić information content (AvgIpc) is 2.72. The van der Waals surface area contributed by atoms with E-state index in [0.717, 1.165) is 47.8 Å². The van der Waals surface area contributed by atoms with Gasteiger partial charge in [-0.3, -0.25) is 4.79 Å². The van der Waals surface area contributed by atoms with Gasteiger partial charge in [-0.2, -0.15) is 0 Å².